The number of nitrogens with zero attached hydrogens (tertiary/aromatic N) is 4. The highest BCUT2D eigenvalue weighted by Crippen LogP contribution is 2.56. The fourth-order valence-electron chi connectivity index (χ4n) is 8.32. The minimum absolute atomic E-state index is 0.0255. The summed E-state index contributed by atoms with van der Waals surface area (Å²) in [6.45, 7) is 2.03. The normalized spacial score (nSPS) is 33.3. The Morgan fingerprint density at radius 1 is 1.09 bits per heavy atom. The fourth-order valence-corrected chi connectivity index (χ4v) is 9.78. The van der Waals surface area contributed by atoms with Crippen LogP contribution in [-0.4, -0.2) is 86.0 Å². The number of likely N-dealkylation sites (N-methyl/N-ethyl adjacent to an activating group) is 1. The molecule has 1 saturated heterocycles. The summed E-state index contributed by atoms with van der Waals surface area (Å²) >= 11 is 0. The number of hydrogen-bond acceptors (Lipinski definition) is 11. The minimum Gasteiger partial charge on any atom is -0.387 e. The topological polar surface area (TPSA) is 236 Å². The molecule has 3 aromatic rings. The number of ether oxygens (including phenoxy) is 1. The number of amides is 3. The Morgan fingerprint density at radius 3 is 2.57 bits per heavy atom. The van der Waals surface area contributed by atoms with E-state index in [1.807, 2.05) is 0 Å². The van der Waals surface area contributed by atoms with Gasteiger partial charge in [0.1, 0.15) is 18.5 Å². The summed E-state index contributed by atoms with van der Waals surface area (Å²) in [6, 6.07) is 5.27. The molecule has 2 aromatic heterocycles. The largest absolute Gasteiger partial charge is 0.387 e. The Balaban J connectivity index is 1.05. The number of urea groups is 1. The zero-order valence-electron chi connectivity index (χ0n) is 25.1. The lowest BCUT2D eigenvalue weighted by atomic mass is 9.50. The lowest BCUT2D eigenvalue weighted by Gasteiger charge is -2.60. The van der Waals surface area contributed by atoms with Gasteiger partial charge in [0.25, 0.3) is 5.91 Å². The standard InChI is InChI=1S/C29H37N9O7S/c1-2-31-25(41)22-20(39)21(40)26(45-22)38-14-34-19-23(32-13-33-24(19)38)36-27(42)35-17-4-3-5-18(7-17)46(43,44)37-29-10-15-6-16(11-29)9-28(30,8-15)12-29/h3-5,7,13-16,20-22,26,37,39-40H,2,6,8-12,30H2,1H3,(H,31,41)(H2,32,33,35,36,42)/t15-,16+,20?,21?,22-,26+,28?,29?/m0/s1. The first-order valence-electron chi connectivity index (χ1n) is 15.4. The summed E-state index contributed by atoms with van der Waals surface area (Å²) in [5.41, 5.74) is 6.35. The first kappa shape index (κ1) is 30.9. The van der Waals surface area contributed by atoms with Crippen molar-refractivity contribution in [2.75, 3.05) is 17.2 Å². The van der Waals surface area contributed by atoms with Gasteiger partial charge in [-0.05, 0) is 75.5 Å². The molecule has 4 aliphatic carbocycles. The monoisotopic (exact) mass is 655 g/mol. The second-order valence-electron chi connectivity index (χ2n) is 13.2. The van der Waals surface area contributed by atoms with Crippen molar-refractivity contribution in [3.8, 4) is 0 Å². The molecular formula is C29H37N9O7S. The Labute approximate surface area is 264 Å². The molecule has 16 nitrogen and oxygen atoms in total. The van der Waals surface area contributed by atoms with Crippen molar-refractivity contribution in [3.05, 3.63) is 36.9 Å². The smallest absolute Gasteiger partial charge is 0.324 e. The average molecular weight is 656 g/mol. The van der Waals surface area contributed by atoms with Crippen LogP contribution in [0.4, 0.5) is 16.3 Å². The van der Waals surface area contributed by atoms with Gasteiger partial charge in [0.2, 0.25) is 10.0 Å². The molecule has 246 valence electrons. The zero-order chi connectivity index (χ0) is 32.4. The Hall–Kier alpha value is -3.74. The van der Waals surface area contributed by atoms with Gasteiger partial charge in [-0.1, -0.05) is 6.07 Å². The summed E-state index contributed by atoms with van der Waals surface area (Å²) in [5, 5.41) is 28.8. The SMILES string of the molecule is CCNC(=O)[C@H]1O[C@@H](n2cnc3c(NC(=O)Nc4cccc(S(=O)(=O)NC56C[C@@H]7C[C@@H](CC(N)(C7)C5)C6)c4)ncnc32)C(O)C1O. The van der Waals surface area contributed by atoms with Crippen molar-refractivity contribution in [1.82, 2.24) is 29.6 Å². The molecule has 4 bridgehead atoms. The van der Waals surface area contributed by atoms with Crippen LogP contribution in [0.15, 0.2) is 41.8 Å². The minimum atomic E-state index is -3.91. The highest BCUT2D eigenvalue weighted by molar-refractivity contribution is 7.89. The van der Waals surface area contributed by atoms with Crippen LogP contribution >= 0.6 is 0 Å². The number of benzene rings is 1. The number of imidazole rings is 1. The number of aliphatic hydroxyl groups is 2. The first-order valence-corrected chi connectivity index (χ1v) is 16.8. The van der Waals surface area contributed by atoms with Crippen molar-refractivity contribution < 1.29 is 33.0 Å². The van der Waals surface area contributed by atoms with E-state index >= 15 is 0 Å². The second kappa shape index (κ2) is 11.2. The van der Waals surface area contributed by atoms with E-state index in [9.17, 15) is 28.2 Å². The number of carbonyl (C=O) groups is 2. The van der Waals surface area contributed by atoms with Crippen LogP contribution in [-0.2, 0) is 19.6 Å². The molecule has 8 rings (SSSR count). The Kier molecular flexibility index (Phi) is 7.52. The van der Waals surface area contributed by atoms with Crippen LogP contribution in [0, 0.1) is 11.8 Å². The van der Waals surface area contributed by atoms with E-state index in [1.165, 1.54) is 29.4 Å². The van der Waals surface area contributed by atoms with Crippen LogP contribution in [0.25, 0.3) is 11.2 Å². The van der Waals surface area contributed by atoms with E-state index in [0.717, 1.165) is 32.1 Å². The van der Waals surface area contributed by atoms with Gasteiger partial charge in [0.05, 0.1) is 11.2 Å². The van der Waals surface area contributed by atoms with Crippen LogP contribution in [0.3, 0.4) is 0 Å². The van der Waals surface area contributed by atoms with Crippen molar-refractivity contribution in [2.24, 2.45) is 17.6 Å². The first-order chi connectivity index (χ1) is 21.9. The highest BCUT2D eigenvalue weighted by Gasteiger charge is 2.57. The number of nitrogens with one attached hydrogen (secondary N) is 4. The lowest BCUT2D eigenvalue weighted by molar-refractivity contribution is -0.137. The highest BCUT2D eigenvalue weighted by atomic mass is 32.2. The third kappa shape index (κ3) is 5.50. The number of carbonyl (C=O) groups excluding carboxylic acids is 2. The zero-order valence-corrected chi connectivity index (χ0v) is 25.9. The van der Waals surface area contributed by atoms with Gasteiger partial charge in [-0.15, -0.1) is 0 Å². The molecule has 0 spiro atoms. The average Bonchev–Trinajstić information content (AvgIpc) is 3.52. The molecule has 4 unspecified atom stereocenters. The van der Waals surface area contributed by atoms with Crippen molar-refractivity contribution in [3.63, 3.8) is 0 Å². The van der Waals surface area contributed by atoms with Gasteiger partial charge < -0.3 is 31.3 Å². The molecule has 3 heterocycles. The summed E-state index contributed by atoms with van der Waals surface area (Å²) in [5.74, 6) is 0.310. The predicted molar refractivity (Wildman–Crippen MR) is 164 cm³/mol. The van der Waals surface area contributed by atoms with Gasteiger partial charge >= 0.3 is 6.03 Å². The third-order valence-corrected chi connectivity index (χ3v) is 11.1. The summed E-state index contributed by atoms with van der Waals surface area (Å²) in [6.07, 6.45) is 2.21. The molecule has 3 amide bonds. The molecule has 0 radical (unpaired) electrons. The summed E-state index contributed by atoms with van der Waals surface area (Å²) < 4.78 is 37.1. The predicted octanol–water partition coefficient (Wildman–Crippen LogP) is 0.554. The van der Waals surface area contributed by atoms with Gasteiger partial charge in [0, 0.05) is 23.3 Å². The molecule has 8 N–H and O–H groups in total. The lowest BCUT2D eigenvalue weighted by Crippen LogP contribution is -2.68. The maximum Gasteiger partial charge on any atom is 0.324 e. The van der Waals surface area contributed by atoms with E-state index in [0.29, 0.717) is 24.8 Å². The van der Waals surface area contributed by atoms with Crippen LogP contribution in [0.5, 0.6) is 0 Å². The molecule has 46 heavy (non-hydrogen) atoms. The maximum absolute atomic E-state index is 13.6. The van der Waals surface area contributed by atoms with Gasteiger partial charge in [-0.2, -0.15) is 0 Å². The number of aromatic nitrogens is 4. The molecular weight excluding hydrogens is 618 g/mol. The Morgan fingerprint density at radius 2 is 1.85 bits per heavy atom. The van der Waals surface area contributed by atoms with E-state index in [1.54, 1.807) is 19.1 Å². The van der Waals surface area contributed by atoms with E-state index in [-0.39, 0.29) is 33.1 Å². The number of fused-ring (bicyclic) bond motifs is 1. The second-order valence-corrected chi connectivity index (χ2v) is 14.9. The van der Waals surface area contributed by atoms with E-state index in [4.69, 9.17) is 10.5 Å². The molecule has 1 aliphatic heterocycles. The molecule has 8 atom stereocenters. The molecule has 1 aromatic carbocycles. The van der Waals surface area contributed by atoms with Gasteiger partial charge in [-0.25, -0.2) is 32.9 Å². The molecule has 5 aliphatic rings. The van der Waals surface area contributed by atoms with Crippen molar-refractivity contribution >= 4 is 44.6 Å². The number of rotatable bonds is 8. The number of aliphatic hydroxyl groups excluding tert-OH is 2. The quantitative estimate of drug-likeness (QED) is 0.177. The molecule has 17 heteroatoms. The van der Waals surface area contributed by atoms with Crippen LogP contribution in [0.2, 0.25) is 0 Å². The number of hydrogen-bond donors (Lipinski definition) is 7. The van der Waals surface area contributed by atoms with Crippen molar-refractivity contribution in [1.29, 1.82) is 0 Å². The van der Waals surface area contributed by atoms with E-state index < -0.39 is 52.0 Å². The Bertz CT molecular complexity index is 1790. The number of sulfonamides is 1. The van der Waals surface area contributed by atoms with Crippen molar-refractivity contribution in [2.45, 2.75) is 86.0 Å². The third-order valence-electron chi connectivity index (χ3n) is 9.57. The summed E-state index contributed by atoms with van der Waals surface area (Å²) in [4.78, 5) is 37.9. The molecule has 4 saturated carbocycles. The fraction of sp³-hybridized carbons (Fsp3) is 0.552. The van der Waals surface area contributed by atoms with Crippen LogP contribution < -0.4 is 26.4 Å². The number of anilines is 2. The maximum atomic E-state index is 13.6. The summed E-state index contributed by atoms with van der Waals surface area (Å²) in [7, 11) is -3.91. The van der Waals surface area contributed by atoms with Gasteiger partial charge in [0.15, 0.2) is 29.3 Å². The van der Waals surface area contributed by atoms with Crippen LogP contribution in [0.1, 0.15) is 51.7 Å². The number of nitrogens with two attached hydrogens (primary N) is 1. The van der Waals surface area contributed by atoms with Gasteiger partial charge in [-0.3, -0.25) is 14.7 Å². The van der Waals surface area contributed by atoms with E-state index in [2.05, 4.69) is 35.6 Å². The molecule has 5 fully saturated rings.